The Labute approximate surface area is 157 Å². The molecule has 7 heteroatoms. The molecule has 1 aromatic heterocycles. The van der Waals surface area contributed by atoms with E-state index >= 15 is 0 Å². The van der Waals surface area contributed by atoms with Gasteiger partial charge in [0.2, 0.25) is 11.8 Å². The Morgan fingerprint density at radius 2 is 2.00 bits per heavy atom. The summed E-state index contributed by atoms with van der Waals surface area (Å²) < 4.78 is 6.62. The molecule has 1 N–H and O–H groups in total. The van der Waals surface area contributed by atoms with Crippen LogP contribution in [0.5, 0.6) is 0 Å². The van der Waals surface area contributed by atoms with Crippen LogP contribution in [0.3, 0.4) is 0 Å². The van der Waals surface area contributed by atoms with Gasteiger partial charge in [0.05, 0.1) is 5.52 Å². The summed E-state index contributed by atoms with van der Waals surface area (Å²) in [5, 5.41) is 2.92. The highest BCUT2D eigenvalue weighted by atomic mass is 16.4. The van der Waals surface area contributed by atoms with E-state index in [-0.39, 0.29) is 24.3 Å². The first-order valence-corrected chi connectivity index (χ1v) is 9.79. The van der Waals surface area contributed by atoms with E-state index in [1.807, 2.05) is 0 Å². The molecule has 2 amide bonds. The van der Waals surface area contributed by atoms with Gasteiger partial charge < -0.3 is 14.6 Å². The predicted octanol–water partition coefficient (Wildman–Crippen LogP) is 2.59. The van der Waals surface area contributed by atoms with E-state index < -0.39 is 5.76 Å². The molecule has 1 aliphatic carbocycles. The Hall–Kier alpha value is -2.57. The van der Waals surface area contributed by atoms with Gasteiger partial charge in [-0.2, -0.15) is 0 Å². The Bertz CT molecular complexity index is 923. The molecule has 2 fully saturated rings. The number of amides is 2. The summed E-state index contributed by atoms with van der Waals surface area (Å²) >= 11 is 0. The molecule has 0 spiro atoms. The van der Waals surface area contributed by atoms with Gasteiger partial charge in [-0.15, -0.1) is 0 Å². The van der Waals surface area contributed by atoms with E-state index in [1.54, 1.807) is 23.1 Å². The van der Waals surface area contributed by atoms with Crippen LogP contribution in [0.4, 0.5) is 5.69 Å². The number of hydrogen-bond acceptors (Lipinski definition) is 4. The standard InChI is InChI=1S/C20H25N3O4/c1-2-13-10-15(13)19(25)21-14-6-7-17-16(11-14)23(20(26)27-17)12-18(24)22-8-4-3-5-9-22/h6-7,11,13,15H,2-5,8-10,12H2,1H3,(H,21,25). The van der Waals surface area contributed by atoms with Crippen molar-refractivity contribution in [1.82, 2.24) is 9.47 Å². The first-order valence-electron chi connectivity index (χ1n) is 9.79. The zero-order valence-electron chi connectivity index (χ0n) is 15.6. The Balaban J connectivity index is 1.53. The van der Waals surface area contributed by atoms with Crippen LogP contribution in [0, 0.1) is 11.8 Å². The second kappa shape index (κ2) is 7.21. The second-order valence-corrected chi connectivity index (χ2v) is 7.58. The number of aromatic nitrogens is 1. The van der Waals surface area contributed by atoms with Crippen LogP contribution >= 0.6 is 0 Å². The number of anilines is 1. The molecule has 27 heavy (non-hydrogen) atoms. The minimum atomic E-state index is -0.549. The van der Waals surface area contributed by atoms with Crippen LogP contribution in [-0.2, 0) is 16.1 Å². The lowest BCUT2D eigenvalue weighted by Gasteiger charge is -2.26. The summed E-state index contributed by atoms with van der Waals surface area (Å²) in [6, 6.07) is 5.10. The fraction of sp³-hybridized carbons (Fsp3) is 0.550. The van der Waals surface area contributed by atoms with Crippen molar-refractivity contribution >= 4 is 28.6 Å². The molecule has 2 unspecified atom stereocenters. The third-order valence-electron chi connectivity index (χ3n) is 5.72. The third-order valence-corrected chi connectivity index (χ3v) is 5.72. The quantitative estimate of drug-likeness (QED) is 0.875. The highest BCUT2D eigenvalue weighted by molar-refractivity contribution is 5.96. The lowest BCUT2D eigenvalue weighted by molar-refractivity contribution is -0.132. The molecule has 1 aliphatic heterocycles. The van der Waals surface area contributed by atoms with Gasteiger partial charge in [-0.25, -0.2) is 4.79 Å². The summed E-state index contributed by atoms with van der Waals surface area (Å²) in [6.07, 6.45) is 5.09. The van der Waals surface area contributed by atoms with Gasteiger partial charge in [-0.05, 0) is 49.8 Å². The molecule has 144 valence electrons. The van der Waals surface area contributed by atoms with Crippen LogP contribution in [0.1, 0.15) is 39.0 Å². The van der Waals surface area contributed by atoms with Gasteiger partial charge in [0.15, 0.2) is 5.58 Å². The van der Waals surface area contributed by atoms with Gasteiger partial charge in [-0.1, -0.05) is 13.3 Å². The van der Waals surface area contributed by atoms with E-state index in [4.69, 9.17) is 4.42 Å². The van der Waals surface area contributed by atoms with Crippen molar-refractivity contribution in [3.63, 3.8) is 0 Å². The maximum absolute atomic E-state index is 12.5. The van der Waals surface area contributed by atoms with Crippen molar-refractivity contribution in [1.29, 1.82) is 0 Å². The molecule has 2 heterocycles. The second-order valence-electron chi connectivity index (χ2n) is 7.58. The number of oxazole rings is 1. The van der Waals surface area contributed by atoms with Crippen LogP contribution in [0.25, 0.3) is 11.1 Å². The largest absolute Gasteiger partial charge is 0.420 e. The Morgan fingerprint density at radius 3 is 2.70 bits per heavy atom. The third kappa shape index (κ3) is 3.63. The highest BCUT2D eigenvalue weighted by Crippen LogP contribution is 2.41. The molecule has 1 saturated carbocycles. The fourth-order valence-corrected chi connectivity index (χ4v) is 3.92. The zero-order chi connectivity index (χ0) is 19.0. The minimum absolute atomic E-state index is 0.0167. The average Bonchev–Trinajstić information content (AvgIpc) is 3.42. The van der Waals surface area contributed by atoms with Gasteiger partial charge >= 0.3 is 5.76 Å². The fourth-order valence-electron chi connectivity index (χ4n) is 3.92. The number of likely N-dealkylation sites (tertiary alicyclic amines) is 1. The van der Waals surface area contributed by atoms with Crippen molar-refractivity contribution in [3.8, 4) is 0 Å². The number of carbonyl (C=O) groups excluding carboxylic acids is 2. The van der Waals surface area contributed by atoms with Crippen LogP contribution < -0.4 is 11.1 Å². The van der Waals surface area contributed by atoms with Gasteiger partial charge in [0.1, 0.15) is 6.54 Å². The van der Waals surface area contributed by atoms with Crippen molar-refractivity contribution in [2.24, 2.45) is 11.8 Å². The van der Waals surface area contributed by atoms with Crippen molar-refractivity contribution in [2.75, 3.05) is 18.4 Å². The number of piperidine rings is 1. The molecular weight excluding hydrogens is 346 g/mol. The van der Waals surface area contributed by atoms with Gasteiger partial charge in [-0.3, -0.25) is 14.2 Å². The minimum Gasteiger partial charge on any atom is -0.408 e. The number of nitrogens with one attached hydrogen (secondary N) is 1. The summed E-state index contributed by atoms with van der Waals surface area (Å²) in [7, 11) is 0. The first-order chi connectivity index (χ1) is 13.1. The SMILES string of the molecule is CCC1CC1C(=O)Nc1ccc2oc(=O)n(CC(=O)N3CCCCC3)c2c1. The summed E-state index contributed by atoms with van der Waals surface area (Å²) in [4.78, 5) is 38.9. The zero-order valence-corrected chi connectivity index (χ0v) is 15.6. The first kappa shape index (κ1) is 17.8. The molecule has 0 bridgehead atoms. The molecule has 2 aliphatic rings. The molecule has 2 atom stereocenters. The van der Waals surface area contributed by atoms with Crippen molar-refractivity contribution < 1.29 is 14.0 Å². The molecule has 0 radical (unpaired) electrons. The van der Waals surface area contributed by atoms with E-state index in [0.29, 0.717) is 22.7 Å². The van der Waals surface area contributed by atoms with Crippen LogP contribution in [0.2, 0.25) is 0 Å². The van der Waals surface area contributed by atoms with E-state index in [1.165, 1.54) is 4.57 Å². The highest BCUT2D eigenvalue weighted by Gasteiger charge is 2.41. The predicted molar refractivity (Wildman–Crippen MR) is 101 cm³/mol. The van der Waals surface area contributed by atoms with Gasteiger partial charge in [0, 0.05) is 24.7 Å². The summed E-state index contributed by atoms with van der Waals surface area (Å²) in [6.45, 7) is 3.53. The number of benzene rings is 1. The monoisotopic (exact) mass is 371 g/mol. The molecule has 1 aromatic carbocycles. The average molecular weight is 371 g/mol. The number of nitrogens with zero attached hydrogens (tertiary/aromatic N) is 2. The number of hydrogen-bond donors (Lipinski definition) is 1. The Kier molecular flexibility index (Phi) is 4.76. The Morgan fingerprint density at radius 1 is 1.22 bits per heavy atom. The van der Waals surface area contributed by atoms with Crippen molar-refractivity contribution in [2.45, 2.75) is 45.6 Å². The molecule has 1 saturated heterocycles. The molecular formula is C20H25N3O4. The van der Waals surface area contributed by atoms with Crippen molar-refractivity contribution in [3.05, 3.63) is 28.7 Å². The lowest BCUT2D eigenvalue weighted by atomic mass is 10.1. The van der Waals surface area contributed by atoms with Gasteiger partial charge in [0.25, 0.3) is 0 Å². The molecule has 7 nitrogen and oxygen atoms in total. The molecule has 4 rings (SSSR count). The van der Waals surface area contributed by atoms with Crippen LogP contribution in [0.15, 0.2) is 27.4 Å². The maximum atomic E-state index is 12.5. The number of rotatable bonds is 5. The lowest BCUT2D eigenvalue weighted by Crippen LogP contribution is -2.39. The summed E-state index contributed by atoms with van der Waals surface area (Å²) in [5.74, 6) is -0.0475. The number of carbonyl (C=O) groups is 2. The number of fused-ring (bicyclic) bond motifs is 1. The van der Waals surface area contributed by atoms with E-state index in [9.17, 15) is 14.4 Å². The molecule has 2 aromatic rings. The normalized spacial score (nSPS) is 22.0. The van der Waals surface area contributed by atoms with E-state index in [2.05, 4.69) is 12.2 Å². The summed E-state index contributed by atoms with van der Waals surface area (Å²) in [5.41, 5.74) is 1.57. The van der Waals surface area contributed by atoms with E-state index in [0.717, 1.165) is 45.2 Å². The van der Waals surface area contributed by atoms with Crippen LogP contribution in [-0.4, -0.2) is 34.4 Å². The topological polar surface area (TPSA) is 84.5 Å². The smallest absolute Gasteiger partial charge is 0.408 e. The maximum Gasteiger partial charge on any atom is 0.420 e.